The minimum Gasteiger partial charge on any atom is -0.466 e. The van der Waals surface area contributed by atoms with Gasteiger partial charge in [0.15, 0.2) is 0 Å². The first kappa shape index (κ1) is 66.5. The number of hydrogen-bond donors (Lipinski definition) is 0. The van der Waals surface area contributed by atoms with Crippen LogP contribution < -0.4 is 0 Å². The normalized spacial score (nSPS) is 13.0. The van der Waals surface area contributed by atoms with E-state index in [1.807, 2.05) is 6.92 Å². The molecular formula is C57H102O13. The summed E-state index contributed by atoms with van der Waals surface area (Å²) in [5.41, 5.74) is 0. The van der Waals surface area contributed by atoms with Gasteiger partial charge in [-0.3, -0.25) is 33.6 Å². The molecule has 0 aromatic carbocycles. The van der Waals surface area contributed by atoms with Crippen molar-refractivity contribution < 1.29 is 62.0 Å². The molecule has 4 atom stereocenters. The monoisotopic (exact) mass is 995 g/mol. The van der Waals surface area contributed by atoms with Crippen molar-refractivity contribution in [2.75, 3.05) is 39.6 Å². The average Bonchev–Trinajstić information content (AvgIpc) is 3.33. The van der Waals surface area contributed by atoms with Crippen LogP contribution in [0.2, 0.25) is 0 Å². The molecule has 0 saturated heterocycles. The Kier molecular flexibility index (Phi) is 44.2. The Morgan fingerprint density at radius 1 is 0.343 bits per heavy atom. The third-order valence-electron chi connectivity index (χ3n) is 13.1. The summed E-state index contributed by atoms with van der Waals surface area (Å²) < 4.78 is 33.6. The van der Waals surface area contributed by atoms with Gasteiger partial charge in [0.2, 0.25) is 0 Å². The molecule has 0 aromatic heterocycles. The molecule has 0 aliphatic heterocycles. The second-order valence-electron chi connectivity index (χ2n) is 20.1. The molecule has 0 N–H and O–H groups in total. The molecule has 4 unspecified atom stereocenters. The number of ether oxygens (including phenoxy) is 6. The zero-order chi connectivity index (χ0) is 52.0. The maximum atomic E-state index is 13.3. The SMILES string of the molecule is CCCCCCCCOC(=O)CC(COC(=O)CCCCCCCC)CC(=O)OCC(CCC(C)COC(=O)CC(COC(=O)CCCCCCCC)COC(=O)CCCCCCCC)C(C)C(C)=O. The lowest BCUT2D eigenvalue weighted by atomic mass is 9.86. The first-order valence-electron chi connectivity index (χ1n) is 28.2. The summed E-state index contributed by atoms with van der Waals surface area (Å²) in [6, 6.07) is 0. The van der Waals surface area contributed by atoms with Crippen molar-refractivity contribution in [2.24, 2.45) is 29.6 Å². The number of ketones is 1. The number of esters is 6. The third-order valence-corrected chi connectivity index (χ3v) is 13.1. The van der Waals surface area contributed by atoms with Crippen LogP contribution in [-0.4, -0.2) is 81.2 Å². The molecule has 0 saturated carbocycles. The molecule has 408 valence electrons. The van der Waals surface area contributed by atoms with Gasteiger partial charge in [-0.1, -0.05) is 170 Å². The molecule has 0 aliphatic rings. The van der Waals surface area contributed by atoms with Gasteiger partial charge in [-0.05, 0) is 51.4 Å². The van der Waals surface area contributed by atoms with Crippen LogP contribution in [0.4, 0.5) is 0 Å². The van der Waals surface area contributed by atoms with E-state index in [1.54, 1.807) is 6.92 Å². The Labute approximate surface area is 425 Å². The van der Waals surface area contributed by atoms with Gasteiger partial charge >= 0.3 is 35.8 Å². The minimum atomic E-state index is -0.620. The van der Waals surface area contributed by atoms with Gasteiger partial charge in [0.25, 0.3) is 0 Å². The van der Waals surface area contributed by atoms with Gasteiger partial charge < -0.3 is 28.4 Å². The van der Waals surface area contributed by atoms with Crippen LogP contribution in [0.5, 0.6) is 0 Å². The van der Waals surface area contributed by atoms with Crippen molar-refractivity contribution in [3.8, 4) is 0 Å². The van der Waals surface area contributed by atoms with Crippen molar-refractivity contribution in [1.29, 1.82) is 0 Å². The van der Waals surface area contributed by atoms with Crippen molar-refractivity contribution in [2.45, 2.75) is 254 Å². The highest BCUT2D eigenvalue weighted by Crippen LogP contribution is 2.24. The fourth-order valence-corrected chi connectivity index (χ4v) is 8.13. The molecule has 0 spiro atoms. The zero-order valence-corrected chi connectivity index (χ0v) is 45.6. The molecule has 0 amide bonds. The van der Waals surface area contributed by atoms with E-state index in [0.717, 1.165) is 128 Å². The van der Waals surface area contributed by atoms with Crippen molar-refractivity contribution in [1.82, 2.24) is 0 Å². The maximum Gasteiger partial charge on any atom is 0.306 e. The van der Waals surface area contributed by atoms with Crippen LogP contribution in [0, 0.1) is 29.6 Å². The maximum absolute atomic E-state index is 13.3. The van der Waals surface area contributed by atoms with E-state index in [1.165, 1.54) is 32.6 Å². The van der Waals surface area contributed by atoms with Crippen LogP contribution in [-0.2, 0) is 62.0 Å². The molecular weight excluding hydrogens is 893 g/mol. The molecule has 0 bridgehead atoms. The summed E-state index contributed by atoms with van der Waals surface area (Å²) in [6.45, 7) is 14.1. The Hall–Kier alpha value is -3.51. The van der Waals surface area contributed by atoms with Crippen LogP contribution in [0.1, 0.15) is 254 Å². The van der Waals surface area contributed by atoms with Gasteiger partial charge in [0.1, 0.15) is 5.78 Å². The second-order valence-corrected chi connectivity index (χ2v) is 20.1. The van der Waals surface area contributed by atoms with Gasteiger partial charge in [0, 0.05) is 42.9 Å². The van der Waals surface area contributed by atoms with Crippen molar-refractivity contribution in [3.63, 3.8) is 0 Å². The van der Waals surface area contributed by atoms with E-state index >= 15 is 0 Å². The second kappa shape index (κ2) is 46.6. The highest BCUT2D eigenvalue weighted by molar-refractivity contribution is 5.78. The summed E-state index contributed by atoms with van der Waals surface area (Å²) in [5.74, 6) is -4.55. The molecule has 0 aliphatic carbocycles. The number of unbranched alkanes of at least 4 members (excludes halogenated alkanes) is 20. The van der Waals surface area contributed by atoms with Gasteiger partial charge in [-0.15, -0.1) is 0 Å². The van der Waals surface area contributed by atoms with Gasteiger partial charge in [-0.2, -0.15) is 0 Å². The third kappa shape index (κ3) is 41.1. The lowest BCUT2D eigenvalue weighted by Crippen LogP contribution is -2.28. The Morgan fingerprint density at radius 3 is 1.09 bits per heavy atom. The van der Waals surface area contributed by atoms with E-state index in [4.69, 9.17) is 28.4 Å². The van der Waals surface area contributed by atoms with Crippen LogP contribution in [0.3, 0.4) is 0 Å². The molecule has 0 heterocycles. The van der Waals surface area contributed by atoms with Crippen LogP contribution >= 0.6 is 0 Å². The fourth-order valence-electron chi connectivity index (χ4n) is 8.13. The van der Waals surface area contributed by atoms with Crippen LogP contribution in [0.25, 0.3) is 0 Å². The molecule has 70 heavy (non-hydrogen) atoms. The fraction of sp³-hybridized carbons (Fsp3) is 0.877. The Balaban J connectivity index is 5.36. The van der Waals surface area contributed by atoms with Gasteiger partial charge in [0.05, 0.1) is 58.9 Å². The Bertz CT molecular complexity index is 1330. The van der Waals surface area contributed by atoms with E-state index in [-0.39, 0.29) is 94.2 Å². The number of hydrogen-bond acceptors (Lipinski definition) is 13. The lowest BCUT2D eigenvalue weighted by Gasteiger charge is -2.24. The van der Waals surface area contributed by atoms with E-state index in [9.17, 15) is 33.6 Å². The van der Waals surface area contributed by atoms with Crippen molar-refractivity contribution >= 4 is 41.6 Å². The standard InChI is InChI=1S/C57H102O13/c1-8-12-16-20-24-28-32-52(59)67-42-49(38-55(62)65-37-31-27-23-19-15-11-4)39-56(63)70-45-51(47(6)48(7)58)36-35-46(5)41-66-57(64)40-50(43-68-53(60)33-29-25-21-17-13-9-2)44-69-54(61)34-30-26-22-18-14-10-3/h46-47,49-51H,8-45H2,1-7H3. The molecule has 0 aromatic rings. The van der Waals surface area contributed by atoms with Crippen molar-refractivity contribution in [3.05, 3.63) is 0 Å². The average molecular weight is 995 g/mol. The molecule has 0 rings (SSSR count). The number of carbonyl (C=O) groups is 7. The summed E-state index contributed by atoms with van der Waals surface area (Å²) in [4.78, 5) is 89.6. The first-order valence-corrected chi connectivity index (χ1v) is 28.2. The highest BCUT2D eigenvalue weighted by Gasteiger charge is 2.27. The molecule has 13 nitrogen and oxygen atoms in total. The highest BCUT2D eigenvalue weighted by atomic mass is 16.6. The topological polar surface area (TPSA) is 175 Å². The van der Waals surface area contributed by atoms with E-state index in [0.29, 0.717) is 32.3 Å². The predicted octanol–water partition coefficient (Wildman–Crippen LogP) is 13.5. The first-order chi connectivity index (χ1) is 33.8. The zero-order valence-electron chi connectivity index (χ0n) is 45.6. The Morgan fingerprint density at radius 2 is 0.671 bits per heavy atom. The molecule has 0 radical (unpaired) electrons. The van der Waals surface area contributed by atoms with E-state index in [2.05, 4.69) is 27.7 Å². The van der Waals surface area contributed by atoms with Crippen LogP contribution in [0.15, 0.2) is 0 Å². The van der Waals surface area contributed by atoms with Gasteiger partial charge in [-0.25, -0.2) is 0 Å². The number of rotatable bonds is 49. The summed E-state index contributed by atoms with van der Waals surface area (Å²) in [5, 5.41) is 0. The predicted molar refractivity (Wildman–Crippen MR) is 276 cm³/mol. The minimum absolute atomic E-state index is 0.0179. The smallest absolute Gasteiger partial charge is 0.306 e. The quantitative estimate of drug-likeness (QED) is 0.0320. The number of Topliss-reactive ketones (excluding diaryl/α,β-unsaturated/α-hetero) is 1. The van der Waals surface area contributed by atoms with E-state index < -0.39 is 35.7 Å². The largest absolute Gasteiger partial charge is 0.466 e. The summed E-state index contributed by atoms with van der Waals surface area (Å²) >= 11 is 0. The lowest BCUT2D eigenvalue weighted by molar-refractivity contribution is -0.155. The molecule has 0 fully saturated rings. The number of carbonyl (C=O) groups excluding carboxylic acids is 7. The summed E-state index contributed by atoms with van der Waals surface area (Å²) in [6.07, 6.45) is 26.7. The molecule has 13 heteroatoms. The summed E-state index contributed by atoms with van der Waals surface area (Å²) in [7, 11) is 0.